The van der Waals surface area contributed by atoms with Crippen molar-refractivity contribution in [1.29, 1.82) is 0 Å². The Labute approximate surface area is 141 Å². The number of aliphatic carboxylic acids is 1. The summed E-state index contributed by atoms with van der Waals surface area (Å²) in [6, 6.07) is 0. The number of piperidine rings is 1. The molecule has 1 aliphatic rings. The van der Waals surface area contributed by atoms with Crippen LogP contribution in [0, 0.1) is 5.41 Å². The van der Waals surface area contributed by atoms with E-state index in [2.05, 4.69) is 15.3 Å². The first kappa shape index (κ1) is 18.1. The second kappa shape index (κ2) is 8.05. The fourth-order valence-electron chi connectivity index (χ4n) is 3.10. The number of anilines is 1. The molecule has 132 valence electrons. The Balaban J connectivity index is 2.11. The molecule has 0 radical (unpaired) electrons. The predicted octanol–water partition coefficient (Wildman–Crippen LogP) is 1.25. The molecule has 0 spiro atoms. The molecule has 2 heterocycles. The number of amides is 1. The van der Waals surface area contributed by atoms with E-state index in [1.54, 1.807) is 19.1 Å². The molecule has 8 heteroatoms. The number of nitrogens with one attached hydrogen (secondary N) is 1. The normalized spacial score (nSPS) is 20.7. The number of nitrogens with zero attached hydrogens (tertiary/aromatic N) is 3. The van der Waals surface area contributed by atoms with Crippen LogP contribution in [0.25, 0.3) is 0 Å². The molecule has 0 saturated carbocycles. The van der Waals surface area contributed by atoms with Gasteiger partial charge < -0.3 is 20.1 Å². The topological polar surface area (TPSA) is 105 Å². The number of ether oxygens (including phenoxy) is 1. The van der Waals surface area contributed by atoms with Crippen molar-refractivity contribution in [1.82, 2.24) is 14.9 Å². The summed E-state index contributed by atoms with van der Waals surface area (Å²) in [5, 5.41) is 12.5. The predicted molar refractivity (Wildman–Crippen MR) is 87.9 cm³/mol. The average Bonchev–Trinajstić information content (AvgIpc) is 2.61. The van der Waals surface area contributed by atoms with Crippen molar-refractivity contribution in [3.63, 3.8) is 0 Å². The summed E-state index contributed by atoms with van der Waals surface area (Å²) >= 11 is 0. The molecule has 1 aromatic heterocycles. The molecule has 24 heavy (non-hydrogen) atoms. The van der Waals surface area contributed by atoms with Gasteiger partial charge in [0.25, 0.3) is 5.91 Å². The van der Waals surface area contributed by atoms with E-state index < -0.39 is 11.4 Å². The van der Waals surface area contributed by atoms with Crippen LogP contribution in [-0.2, 0) is 9.53 Å². The Kier molecular flexibility index (Phi) is 6.08. The zero-order valence-electron chi connectivity index (χ0n) is 14.1. The van der Waals surface area contributed by atoms with Gasteiger partial charge in [0, 0.05) is 46.2 Å². The Bertz CT molecular complexity index is 578. The summed E-state index contributed by atoms with van der Waals surface area (Å²) in [4.78, 5) is 34.2. The van der Waals surface area contributed by atoms with E-state index in [0.29, 0.717) is 50.3 Å². The third-order valence-corrected chi connectivity index (χ3v) is 4.44. The molecule has 1 amide bonds. The minimum atomic E-state index is -0.905. The van der Waals surface area contributed by atoms with E-state index >= 15 is 0 Å². The Morgan fingerprint density at radius 3 is 2.71 bits per heavy atom. The summed E-state index contributed by atoms with van der Waals surface area (Å²) in [7, 11) is 3.29. The van der Waals surface area contributed by atoms with Gasteiger partial charge in [0.05, 0.1) is 11.0 Å². The van der Waals surface area contributed by atoms with Gasteiger partial charge in [-0.25, -0.2) is 9.97 Å². The number of carbonyl (C=O) groups excluding carboxylic acids is 1. The lowest BCUT2D eigenvalue weighted by Crippen LogP contribution is -2.50. The molecular formula is C16H24N4O4. The Morgan fingerprint density at radius 1 is 1.42 bits per heavy atom. The van der Waals surface area contributed by atoms with E-state index in [-0.39, 0.29) is 12.5 Å². The monoisotopic (exact) mass is 336 g/mol. The van der Waals surface area contributed by atoms with Crippen LogP contribution in [0.2, 0.25) is 0 Å². The molecule has 1 atom stereocenters. The van der Waals surface area contributed by atoms with Crippen LogP contribution >= 0.6 is 0 Å². The zero-order valence-corrected chi connectivity index (χ0v) is 14.1. The quantitative estimate of drug-likeness (QED) is 0.722. The van der Waals surface area contributed by atoms with Gasteiger partial charge in [-0.1, -0.05) is 0 Å². The number of hydrogen-bond acceptors (Lipinski definition) is 6. The molecule has 1 aromatic rings. The summed E-state index contributed by atoms with van der Waals surface area (Å²) in [6.07, 6.45) is 5.32. The van der Waals surface area contributed by atoms with Gasteiger partial charge in [-0.2, -0.15) is 0 Å². The van der Waals surface area contributed by atoms with Crippen molar-refractivity contribution in [2.45, 2.75) is 25.7 Å². The fourth-order valence-corrected chi connectivity index (χ4v) is 3.10. The van der Waals surface area contributed by atoms with Gasteiger partial charge in [0.15, 0.2) is 0 Å². The maximum absolute atomic E-state index is 12.6. The molecule has 2 rings (SSSR count). The Hall–Kier alpha value is -2.22. The van der Waals surface area contributed by atoms with Crippen LogP contribution in [0.15, 0.2) is 12.4 Å². The van der Waals surface area contributed by atoms with E-state index in [1.165, 1.54) is 12.4 Å². The first-order valence-electron chi connectivity index (χ1n) is 8.04. The smallest absolute Gasteiger partial charge is 0.311 e. The van der Waals surface area contributed by atoms with Crippen LogP contribution in [0.1, 0.15) is 36.0 Å². The molecular weight excluding hydrogens is 312 g/mol. The number of carbonyl (C=O) groups is 2. The molecule has 0 unspecified atom stereocenters. The van der Waals surface area contributed by atoms with Gasteiger partial charge in [-0.05, 0) is 25.7 Å². The third-order valence-electron chi connectivity index (χ3n) is 4.44. The van der Waals surface area contributed by atoms with Crippen LogP contribution in [0.5, 0.6) is 0 Å². The average molecular weight is 336 g/mol. The molecule has 1 aliphatic heterocycles. The van der Waals surface area contributed by atoms with Gasteiger partial charge in [-0.15, -0.1) is 0 Å². The summed E-state index contributed by atoms with van der Waals surface area (Å²) in [5.74, 6) is -0.641. The van der Waals surface area contributed by atoms with Crippen molar-refractivity contribution in [2.24, 2.45) is 5.41 Å². The highest BCUT2D eigenvalue weighted by molar-refractivity contribution is 5.94. The lowest BCUT2D eigenvalue weighted by atomic mass is 9.76. The highest BCUT2D eigenvalue weighted by Crippen LogP contribution is 2.35. The van der Waals surface area contributed by atoms with Crippen molar-refractivity contribution < 1.29 is 19.4 Å². The van der Waals surface area contributed by atoms with Gasteiger partial charge in [0.1, 0.15) is 0 Å². The number of methoxy groups -OCH3 is 1. The fraction of sp³-hybridized carbons (Fsp3) is 0.625. The minimum Gasteiger partial charge on any atom is -0.481 e. The van der Waals surface area contributed by atoms with Gasteiger partial charge in [0.2, 0.25) is 5.95 Å². The van der Waals surface area contributed by atoms with Gasteiger partial charge >= 0.3 is 5.97 Å². The second-order valence-electron chi connectivity index (χ2n) is 6.06. The molecule has 0 bridgehead atoms. The lowest BCUT2D eigenvalue weighted by molar-refractivity contribution is -0.152. The van der Waals surface area contributed by atoms with E-state index in [9.17, 15) is 14.7 Å². The highest BCUT2D eigenvalue weighted by Gasteiger charge is 2.43. The van der Waals surface area contributed by atoms with Crippen LogP contribution in [0.4, 0.5) is 5.95 Å². The maximum atomic E-state index is 12.6. The number of aromatic nitrogens is 2. The van der Waals surface area contributed by atoms with Crippen LogP contribution in [-0.4, -0.2) is 65.7 Å². The summed E-state index contributed by atoms with van der Waals surface area (Å²) in [5.41, 5.74) is -0.537. The zero-order chi connectivity index (χ0) is 17.6. The summed E-state index contributed by atoms with van der Waals surface area (Å²) in [6.45, 7) is 1.27. The number of carboxylic acids is 1. The molecule has 1 saturated heterocycles. The van der Waals surface area contributed by atoms with E-state index in [0.717, 1.165) is 0 Å². The second-order valence-corrected chi connectivity index (χ2v) is 6.06. The van der Waals surface area contributed by atoms with E-state index in [4.69, 9.17) is 4.74 Å². The first-order valence-corrected chi connectivity index (χ1v) is 8.04. The summed E-state index contributed by atoms with van der Waals surface area (Å²) < 4.78 is 5.03. The minimum absolute atomic E-state index is 0.207. The Morgan fingerprint density at radius 2 is 2.12 bits per heavy atom. The van der Waals surface area contributed by atoms with Crippen LogP contribution in [0.3, 0.4) is 0 Å². The molecule has 8 nitrogen and oxygen atoms in total. The van der Waals surface area contributed by atoms with Crippen molar-refractivity contribution in [3.05, 3.63) is 18.0 Å². The van der Waals surface area contributed by atoms with Crippen molar-refractivity contribution in [3.8, 4) is 0 Å². The number of likely N-dealkylation sites (tertiary alicyclic amines) is 1. The molecule has 1 fully saturated rings. The van der Waals surface area contributed by atoms with E-state index in [1.807, 2.05) is 0 Å². The third kappa shape index (κ3) is 4.00. The van der Waals surface area contributed by atoms with Crippen LogP contribution < -0.4 is 5.32 Å². The highest BCUT2D eigenvalue weighted by atomic mass is 16.5. The molecule has 0 aromatic carbocycles. The van der Waals surface area contributed by atoms with Crippen molar-refractivity contribution >= 4 is 17.8 Å². The standard InChI is InChI=1S/C16H24N4O4/c1-17-15-18-9-12(10-19-15)13(21)20-7-3-5-16(11-20,14(22)23)6-4-8-24-2/h9-10H,3-8,11H2,1-2H3,(H,22,23)(H,17,18,19)/t16-/m0/s1. The number of carboxylic acid groups (broad SMARTS) is 1. The maximum Gasteiger partial charge on any atom is 0.311 e. The first-order chi connectivity index (χ1) is 11.5. The molecule has 2 N–H and O–H groups in total. The lowest BCUT2D eigenvalue weighted by Gasteiger charge is -2.40. The largest absolute Gasteiger partial charge is 0.481 e. The number of rotatable bonds is 7. The number of hydrogen-bond donors (Lipinski definition) is 2. The SMILES string of the molecule is CNc1ncc(C(=O)N2CCC[C@@](CCCOC)(C(=O)O)C2)cn1. The molecule has 0 aliphatic carbocycles. The van der Waals surface area contributed by atoms with Gasteiger partial charge in [-0.3, -0.25) is 9.59 Å². The van der Waals surface area contributed by atoms with Crippen molar-refractivity contribution in [2.75, 3.05) is 39.2 Å².